The maximum absolute atomic E-state index is 11.1. The third kappa shape index (κ3) is 3.86. The van der Waals surface area contributed by atoms with Crippen molar-refractivity contribution < 1.29 is 11.9 Å². The average Bonchev–Trinajstić information content (AvgIpc) is 2.45. The number of thioether (sulfide) groups is 1. The van der Waals surface area contributed by atoms with Crippen LogP contribution in [0.5, 0.6) is 0 Å². The fourth-order valence-electron chi connectivity index (χ4n) is 1.48. The predicted molar refractivity (Wildman–Crippen MR) is 83.8 cm³/mol. The second-order valence-corrected chi connectivity index (χ2v) is 8.23. The molecule has 0 unspecified atom stereocenters. The van der Waals surface area contributed by atoms with Crippen LogP contribution in [0.3, 0.4) is 0 Å². The van der Waals surface area contributed by atoms with Crippen LogP contribution in [-0.4, -0.2) is 38.6 Å². The van der Waals surface area contributed by atoms with Crippen LogP contribution < -0.4 is 15.8 Å². The zero-order chi connectivity index (χ0) is 16.3. The Labute approximate surface area is 132 Å². The Morgan fingerprint density at radius 3 is 2.09 bits per heavy atom. The maximum atomic E-state index is 11.1. The van der Waals surface area contributed by atoms with Gasteiger partial charge in [-0.1, -0.05) is 0 Å². The number of hydrogen-bond acceptors (Lipinski definition) is 8. The number of anilines is 2. The molecule has 0 fully saturated rings. The number of nitrogen functional groups attached to an aromatic ring is 2. The molecule has 0 aliphatic heterocycles. The fourth-order valence-corrected chi connectivity index (χ4v) is 2.99. The Bertz CT molecular complexity index is 738. The van der Waals surface area contributed by atoms with Crippen molar-refractivity contribution in [2.75, 3.05) is 17.7 Å². The first-order valence-corrected chi connectivity index (χ1v) is 10.5. The number of hydrogen-bond donors (Lipinski definition) is 4. The molecule has 1 aromatic carbocycles. The molecule has 6 N–H and O–H groups in total. The van der Waals surface area contributed by atoms with E-state index >= 15 is 0 Å². The second kappa shape index (κ2) is 6.49. The minimum atomic E-state index is -4.89. The van der Waals surface area contributed by atoms with Crippen LogP contribution in [0.4, 0.5) is 23.0 Å². The summed E-state index contributed by atoms with van der Waals surface area (Å²) in [7, 11) is 0. The summed E-state index contributed by atoms with van der Waals surface area (Å²) in [6.07, 6.45) is 1.79. The normalized spacial score (nSPS) is 12.0. The number of azo groups is 1. The van der Waals surface area contributed by atoms with Crippen molar-refractivity contribution in [2.45, 2.75) is 5.16 Å². The van der Waals surface area contributed by atoms with E-state index in [-0.39, 0.29) is 21.7 Å². The van der Waals surface area contributed by atoms with E-state index < -0.39 is 14.2 Å². The van der Waals surface area contributed by atoms with Gasteiger partial charge >= 0.3 is 133 Å². The summed E-state index contributed by atoms with van der Waals surface area (Å²) >= 11 is -3.59. The molecule has 0 radical (unpaired) electrons. The van der Waals surface area contributed by atoms with Gasteiger partial charge in [0.05, 0.1) is 0 Å². The molecule has 11 heteroatoms. The molecule has 0 bridgehead atoms. The Hall–Kier alpha value is -1.87. The van der Waals surface area contributed by atoms with Gasteiger partial charge in [0, 0.05) is 0 Å². The first-order chi connectivity index (χ1) is 10.3. The minimum absolute atomic E-state index is 0.0382. The van der Waals surface area contributed by atoms with Gasteiger partial charge in [0.25, 0.3) is 0 Å². The van der Waals surface area contributed by atoms with Crippen LogP contribution in [0.15, 0.2) is 39.7 Å². The Morgan fingerprint density at radius 2 is 1.64 bits per heavy atom. The molecule has 0 saturated heterocycles. The molecule has 2 rings (SSSR count). The van der Waals surface area contributed by atoms with Crippen molar-refractivity contribution in [1.29, 1.82) is 0 Å². The number of nitrogens with two attached hydrogens (primary N) is 2. The van der Waals surface area contributed by atoms with Crippen LogP contribution in [0, 0.1) is 0 Å². The fraction of sp³-hybridized carbons (Fsp3) is 0.0909. The van der Waals surface area contributed by atoms with Crippen molar-refractivity contribution in [1.82, 2.24) is 9.97 Å². The zero-order valence-electron chi connectivity index (χ0n) is 11.4. The van der Waals surface area contributed by atoms with E-state index in [1.54, 1.807) is 6.26 Å². The van der Waals surface area contributed by atoms with Crippen LogP contribution in [0.2, 0.25) is 0 Å². The van der Waals surface area contributed by atoms with E-state index in [0.29, 0.717) is 10.8 Å². The molecule has 22 heavy (non-hydrogen) atoms. The van der Waals surface area contributed by atoms with E-state index in [1.807, 2.05) is 0 Å². The molecule has 0 spiro atoms. The summed E-state index contributed by atoms with van der Waals surface area (Å²) < 4.78 is 29.2. The van der Waals surface area contributed by atoms with Gasteiger partial charge in [-0.25, -0.2) is 0 Å². The summed E-state index contributed by atoms with van der Waals surface area (Å²) in [5, 5.41) is 8.24. The van der Waals surface area contributed by atoms with Gasteiger partial charge in [-0.15, -0.1) is 0 Å². The SMILES string of the molecule is CSc1nc(N)c(N=Nc2ccc([As](=O)(O)O)cc2)c(N)n1. The predicted octanol–water partition coefficient (Wildman–Crippen LogP) is 0.339. The molecule has 0 saturated carbocycles. The van der Waals surface area contributed by atoms with Crippen molar-refractivity contribution in [3.63, 3.8) is 0 Å². The van der Waals surface area contributed by atoms with Gasteiger partial charge in [-0.2, -0.15) is 0 Å². The van der Waals surface area contributed by atoms with Gasteiger partial charge in [0.1, 0.15) is 0 Å². The molecule has 1 heterocycles. The molecular weight excluding hydrogens is 371 g/mol. The summed E-state index contributed by atoms with van der Waals surface area (Å²) in [5.74, 6) is 0.214. The number of aromatic nitrogens is 2. The third-order valence-corrected chi connectivity index (χ3v) is 5.14. The third-order valence-electron chi connectivity index (χ3n) is 2.55. The summed E-state index contributed by atoms with van der Waals surface area (Å²) in [5.41, 5.74) is 12.0. The van der Waals surface area contributed by atoms with Crippen molar-refractivity contribution in [2.24, 2.45) is 10.2 Å². The summed E-state index contributed by atoms with van der Waals surface area (Å²) in [6.45, 7) is 0. The van der Waals surface area contributed by atoms with Gasteiger partial charge in [0.2, 0.25) is 0 Å². The molecule has 116 valence electrons. The van der Waals surface area contributed by atoms with Gasteiger partial charge in [-0.05, 0) is 0 Å². The standard InChI is InChI=1S/C11H13AsN6O3S/c1-22-11-15-9(13)8(10(14)16-11)18-17-7-4-2-6(3-5-7)12(19,20)21/h2-5H,1H3,(H2,19,20,21)(H4,13,14,15,16). The number of benzene rings is 1. The molecule has 0 aliphatic rings. The molecule has 2 aromatic rings. The Morgan fingerprint density at radius 1 is 1.09 bits per heavy atom. The van der Waals surface area contributed by atoms with E-state index in [0.717, 1.165) is 0 Å². The van der Waals surface area contributed by atoms with Crippen molar-refractivity contribution in [3.05, 3.63) is 24.3 Å². The van der Waals surface area contributed by atoms with Gasteiger partial charge < -0.3 is 0 Å². The Balaban J connectivity index is 2.27. The Kier molecular flexibility index (Phi) is 4.87. The van der Waals surface area contributed by atoms with E-state index in [4.69, 9.17) is 19.7 Å². The van der Waals surface area contributed by atoms with Crippen LogP contribution in [0.25, 0.3) is 0 Å². The summed E-state index contributed by atoms with van der Waals surface area (Å²) in [4.78, 5) is 8.01. The zero-order valence-corrected chi connectivity index (χ0v) is 14.1. The molecule has 1 aromatic heterocycles. The monoisotopic (exact) mass is 384 g/mol. The first-order valence-electron chi connectivity index (χ1n) is 5.86. The number of rotatable bonds is 4. The molecule has 0 aliphatic carbocycles. The quantitative estimate of drug-likeness (QED) is 0.254. The van der Waals surface area contributed by atoms with Crippen molar-refractivity contribution >= 4 is 53.3 Å². The number of nitrogens with zero attached hydrogens (tertiary/aromatic N) is 4. The first kappa shape index (κ1) is 16.5. The van der Waals surface area contributed by atoms with Gasteiger partial charge in [0.15, 0.2) is 0 Å². The van der Waals surface area contributed by atoms with Crippen molar-refractivity contribution in [3.8, 4) is 0 Å². The average molecular weight is 384 g/mol. The van der Waals surface area contributed by atoms with Gasteiger partial charge in [-0.3, -0.25) is 0 Å². The second-order valence-electron chi connectivity index (χ2n) is 4.09. The summed E-state index contributed by atoms with van der Waals surface area (Å²) in [6, 6.07) is 5.47. The van der Waals surface area contributed by atoms with Crippen LogP contribution in [0.1, 0.15) is 0 Å². The molecule has 0 amide bonds. The van der Waals surface area contributed by atoms with E-state index in [1.165, 1.54) is 36.0 Å². The molecule has 9 nitrogen and oxygen atoms in total. The van der Waals surface area contributed by atoms with E-state index in [2.05, 4.69) is 20.2 Å². The molecular formula is C11H13AsN6O3S. The van der Waals surface area contributed by atoms with Crippen LogP contribution >= 0.6 is 11.8 Å². The molecule has 0 atom stereocenters. The van der Waals surface area contributed by atoms with Crippen LogP contribution in [-0.2, 0) is 3.74 Å². The van der Waals surface area contributed by atoms with E-state index in [9.17, 15) is 3.74 Å². The topological polar surface area (TPSA) is 160 Å².